The van der Waals surface area contributed by atoms with Gasteiger partial charge in [-0.05, 0) is 6.42 Å². The molecule has 0 saturated heterocycles. The number of carbonyl (C=O) groups is 1. The van der Waals surface area contributed by atoms with E-state index in [4.69, 9.17) is 35.6 Å². The third kappa shape index (κ3) is 7.37. The topological polar surface area (TPSA) is 152 Å². The van der Waals surface area contributed by atoms with Crippen molar-refractivity contribution in [1.82, 2.24) is 39.9 Å². The van der Waals surface area contributed by atoms with Crippen LogP contribution >= 0.6 is 0 Å². The van der Waals surface area contributed by atoms with Crippen molar-refractivity contribution in [3.8, 4) is 45.6 Å². The van der Waals surface area contributed by atoms with Crippen molar-refractivity contribution in [2.24, 2.45) is 5.73 Å². The maximum atomic E-state index is 10.4. The molecule has 55 heavy (non-hydrogen) atoms. The molecule has 2 aliphatic heterocycles. The van der Waals surface area contributed by atoms with E-state index in [9.17, 15) is 4.79 Å². The molecule has 0 spiro atoms. The van der Waals surface area contributed by atoms with Gasteiger partial charge >= 0.3 is 244 Å². The molecule has 9 rings (SSSR count). The molecule has 1 amide bonds. The minimum atomic E-state index is -0.163. The Morgan fingerprint density at radius 3 is 1.44 bits per heavy atom. The van der Waals surface area contributed by atoms with Gasteiger partial charge in [0.15, 0.2) is 0 Å². The van der Waals surface area contributed by atoms with Crippen molar-refractivity contribution >= 4 is 54.5 Å². The molecule has 0 atom stereocenters. The number of carbonyl (C=O) groups excluding carboxylic acids is 1. The second kappa shape index (κ2) is 15.9. The van der Waals surface area contributed by atoms with Crippen LogP contribution in [0.15, 0.2) is 91.0 Å². The summed E-state index contributed by atoms with van der Waals surface area (Å²) in [5, 5.41) is 3.95. The Bertz CT molecular complexity index is 2710. The first-order valence-corrected chi connectivity index (χ1v) is 21.1. The summed E-state index contributed by atoms with van der Waals surface area (Å²) < 4.78 is 1.21. The van der Waals surface area contributed by atoms with E-state index < -0.39 is 0 Å². The molecule has 0 radical (unpaired) electrons. The van der Waals surface area contributed by atoms with Crippen LogP contribution in [-0.4, -0.2) is 45.8 Å². The number of amides is 1. The fraction of sp³-hybridized carbons (Fsp3) is 0.250. The van der Waals surface area contributed by atoms with E-state index in [1.165, 1.54) is 36.6 Å². The second-order valence-electron chi connectivity index (χ2n) is 13.8. The number of nitrogens with zero attached hydrogens (tertiary/aromatic N) is 6. The van der Waals surface area contributed by atoms with Crippen molar-refractivity contribution in [3.05, 3.63) is 91.0 Å². The normalized spacial score (nSPS) is 11.9. The minimum absolute atomic E-state index is 0.0560. The van der Waals surface area contributed by atoms with Crippen LogP contribution in [0.4, 0.5) is 0 Å². The molecule has 0 saturated carbocycles. The first-order valence-electron chi connectivity index (χ1n) is 18.7. The van der Waals surface area contributed by atoms with Gasteiger partial charge in [0.1, 0.15) is 0 Å². The van der Waals surface area contributed by atoms with Crippen LogP contribution in [0.2, 0.25) is 11.6 Å². The number of primary amides is 1. The van der Waals surface area contributed by atoms with E-state index in [2.05, 4.69) is 46.7 Å². The summed E-state index contributed by atoms with van der Waals surface area (Å²) >= 11 is 0.0560. The van der Waals surface area contributed by atoms with Gasteiger partial charge in [-0.3, -0.25) is 4.79 Å². The van der Waals surface area contributed by atoms with E-state index in [0.717, 1.165) is 62.3 Å². The van der Waals surface area contributed by atoms with Crippen molar-refractivity contribution in [1.29, 1.82) is 0 Å². The Labute approximate surface area is 324 Å². The summed E-state index contributed by atoms with van der Waals surface area (Å²) in [5.74, 6) is 6.68. The number of nitrogens with two attached hydrogens (primary N) is 1. The number of nitrogens with one attached hydrogen (secondary N) is 2. The molecule has 4 N–H and O–H groups in total. The van der Waals surface area contributed by atoms with E-state index in [1.54, 1.807) is 0 Å². The van der Waals surface area contributed by atoms with Crippen molar-refractivity contribution in [3.63, 3.8) is 0 Å². The van der Waals surface area contributed by atoms with Gasteiger partial charge < -0.3 is 5.73 Å². The quantitative estimate of drug-likeness (QED) is 0.0975. The zero-order valence-electron chi connectivity index (χ0n) is 31.3. The van der Waals surface area contributed by atoms with Gasteiger partial charge in [0.2, 0.25) is 5.91 Å². The monoisotopic (exact) mass is 777 g/mol. The van der Waals surface area contributed by atoms with Gasteiger partial charge in [-0.25, -0.2) is 0 Å². The van der Waals surface area contributed by atoms with E-state index >= 15 is 0 Å². The number of unbranched alkanes of at least 4 members (excludes halogenated alkanes) is 6. The molecule has 2 aliphatic rings. The van der Waals surface area contributed by atoms with Crippen LogP contribution in [0, 0.1) is 0 Å². The number of rotatable bonds is 9. The van der Waals surface area contributed by atoms with Crippen LogP contribution in [0.5, 0.6) is 0 Å². The molecule has 5 heterocycles. The molecule has 8 bridgehead atoms. The summed E-state index contributed by atoms with van der Waals surface area (Å²) in [6.07, 6.45) is 9.24. The van der Waals surface area contributed by atoms with E-state index in [-0.39, 0.29) is 19.8 Å². The molecule has 282 valence electrons. The molecule has 11 heteroatoms. The zero-order chi connectivity index (χ0) is 37.9. The molecule has 0 unspecified atom stereocenters. The predicted octanol–water partition coefficient (Wildman–Crippen LogP) is 9.82. The van der Waals surface area contributed by atoms with Gasteiger partial charge in [0, 0.05) is 6.42 Å². The van der Waals surface area contributed by atoms with Crippen molar-refractivity contribution < 1.29 is 18.7 Å². The number of fused-ring (bicyclic) bond motifs is 20. The standard InChI is InChI=1S/C32H17N8.C10H21NO.2CH3.Cu/c1-2-10-18-17(9-1)25-33-26(18)38-28-21-13-5-6-14-22(21)30(35-28)40-32-24-16-8-7-15-23(24)31(36-32)39-29-20-12-4-3-11-19(20)27(34-29)37-25;1-2-3-4-5-6-7-8-9-10(11)12;;;/h1-15H,(H2,33,34,35,36,37,38,39,40);2-9H2,1H3,(H2,11,12);2*1H3;. The number of benzene rings is 4. The predicted molar refractivity (Wildman–Crippen MR) is 219 cm³/mol. The number of H-pyrrole nitrogens is 2. The van der Waals surface area contributed by atoms with Crippen molar-refractivity contribution in [2.45, 2.75) is 69.9 Å². The fourth-order valence-corrected chi connectivity index (χ4v) is 8.24. The average Bonchev–Trinajstić information content (AvgIpc) is 3.93. The van der Waals surface area contributed by atoms with Crippen LogP contribution < -0.4 is 10.2 Å². The third-order valence-corrected chi connectivity index (χ3v) is 11.3. The van der Waals surface area contributed by atoms with E-state index in [1.807, 2.05) is 72.8 Å². The Hall–Kier alpha value is -5.77. The SMILES string of the molecule is CCCCCCCCCC(N)=O.[CH3][Cu]([CH3])[c]1cccc2c3nc4nc(nc5[nH]c(nc6nc(nc([nH]3)c12)-c1ccccc1-6)c1ccccc51)-c1ccccc1-4. The molecule has 3 aromatic heterocycles. The van der Waals surface area contributed by atoms with Gasteiger partial charge in [0.25, 0.3) is 0 Å². The third-order valence-electron chi connectivity index (χ3n) is 9.85. The second-order valence-corrected chi connectivity index (χ2v) is 16.2. The Balaban J connectivity index is 0.000000310. The fourth-order valence-electron chi connectivity index (χ4n) is 7.13. The number of hydrogen-bond donors (Lipinski definition) is 3. The van der Waals surface area contributed by atoms with Gasteiger partial charge in [0.05, 0.1) is 0 Å². The summed E-state index contributed by atoms with van der Waals surface area (Å²) in [4.78, 5) is 47.7. The molecule has 0 fully saturated rings. The first-order chi connectivity index (χ1) is 26.9. The van der Waals surface area contributed by atoms with Crippen molar-refractivity contribution in [2.75, 3.05) is 0 Å². The maximum absolute atomic E-state index is 10.4. The number of aromatic amines is 2. The van der Waals surface area contributed by atoms with Gasteiger partial charge in [-0.2, -0.15) is 0 Å². The summed E-state index contributed by atoms with van der Waals surface area (Å²) in [6, 6.07) is 30.6. The van der Waals surface area contributed by atoms with Crippen LogP contribution in [-0.2, 0) is 18.7 Å². The van der Waals surface area contributed by atoms with Gasteiger partial charge in [-0.1, -0.05) is 51.5 Å². The molecular weight excluding hydrogens is 734 g/mol. The molecule has 0 aliphatic carbocycles. The Morgan fingerprint density at radius 2 is 0.945 bits per heavy atom. The van der Waals surface area contributed by atoms with Crippen LogP contribution in [0.1, 0.15) is 58.3 Å². The average molecular weight is 778 g/mol. The molecule has 10 nitrogen and oxygen atoms in total. The summed E-state index contributed by atoms with van der Waals surface area (Å²) in [6.45, 7) is 2.22. The zero-order valence-corrected chi connectivity index (χ0v) is 32.2. The molecule has 7 aromatic rings. The Kier molecular flexibility index (Phi) is 10.5. The van der Waals surface area contributed by atoms with Crippen LogP contribution in [0.25, 0.3) is 89.7 Å². The summed E-state index contributed by atoms with van der Waals surface area (Å²) in [5.41, 5.74) is 11.5. The number of aromatic nitrogens is 8. The van der Waals surface area contributed by atoms with Gasteiger partial charge in [-0.15, -0.1) is 0 Å². The van der Waals surface area contributed by atoms with Crippen LogP contribution in [0.3, 0.4) is 0 Å². The first kappa shape index (κ1) is 36.2. The molecule has 4 aromatic carbocycles. The molecular formula is C44H44CuN9O. The van der Waals surface area contributed by atoms with E-state index in [0.29, 0.717) is 46.7 Å². The Morgan fingerprint density at radius 1 is 0.527 bits per heavy atom. The number of hydrogen-bond acceptors (Lipinski definition) is 7. The summed E-state index contributed by atoms with van der Waals surface area (Å²) in [7, 11) is 0.